The molecule has 3 atom stereocenters. The Balaban J connectivity index is 1.86. The molecule has 0 radical (unpaired) electrons. The lowest BCUT2D eigenvalue weighted by Crippen LogP contribution is -2.43. The fourth-order valence-electron chi connectivity index (χ4n) is 3.64. The highest BCUT2D eigenvalue weighted by atomic mass is 16.5. The van der Waals surface area contributed by atoms with E-state index in [1.807, 2.05) is 7.11 Å². The van der Waals surface area contributed by atoms with Gasteiger partial charge in [0.1, 0.15) is 0 Å². The fraction of sp³-hybridized carbons (Fsp3) is 1.00. The van der Waals surface area contributed by atoms with Gasteiger partial charge >= 0.3 is 0 Å². The minimum atomic E-state index is 0.504. The molecule has 3 heteroatoms. The summed E-state index contributed by atoms with van der Waals surface area (Å²) in [4.78, 5) is 2.76. The number of methoxy groups -OCH3 is 1. The van der Waals surface area contributed by atoms with Gasteiger partial charge in [0.2, 0.25) is 0 Å². The van der Waals surface area contributed by atoms with Gasteiger partial charge in [-0.3, -0.25) is 4.90 Å². The Bertz CT molecular complexity index is 222. The van der Waals surface area contributed by atoms with Gasteiger partial charge in [0.15, 0.2) is 0 Å². The molecule has 2 aliphatic rings. The van der Waals surface area contributed by atoms with E-state index in [9.17, 15) is 0 Å². The van der Waals surface area contributed by atoms with Crippen molar-refractivity contribution in [1.29, 1.82) is 0 Å². The number of rotatable bonds is 5. The van der Waals surface area contributed by atoms with Crippen LogP contribution in [0.5, 0.6) is 0 Å². The predicted octanol–water partition coefficient (Wildman–Crippen LogP) is 2.15. The minimum absolute atomic E-state index is 0.504. The lowest BCUT2D eigenvalue weighted by molar-refractivity contribution is 0.0232. The standard InChI is InChI=1S/C14H28N2O/c1-17-14-8-2-5-13(11-14)16-10-4-7-12(16)6-3-9-15/h12-14H,2-11,15H2,1H3. The van der Waals surface area contributed by atoms with Crippen LogP contribution in [0.1, 0.15) is 51.4 Å². The molecule has 0 spiro atoms. The van der Waals surface area contributed by atoms with Crippen molar-refractivity contribution in [2.24, 2.45) is 5.73 Å². The number of ether oxygens (including phenoxy) is 1. The summed E-state index contributed by atoms with van der Waals surface area (Å²) in [5.41, 5.74) is 5.64. The van der Waals surface area contributed by atoms with E-state index in [0.717, 1.165) is 18.6 Å². The van der Waals surface area contributed by atoms with Gasteiger partial charge in [-0.15, -0.1) is 0 Å². The second kappa shape index (κ2) is 6.72. The first-order chi connectivity index (χ1) is 8.35. The molecule has 0 aromatic rings. The molecule has 1 heterocycles. The van der Waals surface area contributed by atoms with E-state index in [-0.39, 0.29) is 0 Å². The number of hydrogen-bond acceptors (Lipinski definition) is 3. The summed E-state index contributed by atoms with van der Waals surface area (Å²) in [6.07, 6.45) is 11.0. The van der Waals surface area contributed by atoms with E-state index in [2.05, 4.69) is 4.90 Å². The highest BCUT2D eigenvalue weighted by Gasteiger charge is 2.33. The van der Waals surface area contributed by atoms with Crippen LogP contribution >= 0.6 is 0 Å². The number of likely N-dealkylation sites (tertiary alicyclic amines) is 1. The topological polar surface area (TPSA) is 38.5 Å². The molecule has 3 nitrogen and oxygen atoms in total. The molecular formula is C14H28N2O. The van der Waals surface area contributed by atoms with E-state index < -0.39 is 0 Å². The zero-order valence-electron chi connectivity index (χ0n) is 11.2. The summed E-state index contributed by atoms with van der Waals surface area (Å²) in [6, 6.07) is 1.58. The quantitative estimate of drug-likeness (QED) is 0.800. The molecule has 0 amide bonds. The summed E-state index contributed by atoms with van der Waals surface area (Å²) >= 11 is 0. The van der Waals surface area contributed by atoms with Crippen molar-refractivity contribution in [3.63, 3.8) is 0 Å². The summed E-state index contributed by atoms with van der Waals surface area (Å²) < 4.78 is 5.55. The van der Waals surface area contributed by atoms with Crippen LogP contribution in [0.3, 0.4) is 0 Å². The summed E-state index contributed by atoms with van der Waals surface area (Å²) in [5.74, 6) is 0. The van der Waals surface area contributed by atoms with Gasteiger partial charge in [-0.1, -0.05) is 0 Å². The molecule has 2 N–H and O–H groups in total. The molecule has 17 heavy (non-hydrogen) atoms. The van der Waals surface area contributed by atoms with Crippen LogP contribution in [0.4, 0.5) is 0 Å². The van der Waals surface area contributed by atoms with E-state index in [4.69, 9.17) is 10.5 Å². The third-order valence-electron chi connectivity index (χ3n) is 4.56. The van der Waals surface area contributed by atoms with Crippen molar-refractivity contribution in [3.8, 4) is 0 Å². The number of hydrogen-bond donors (Lipinski definition) is 1. The smallest absolute Gasteiger partial charge is 0.0586 e. The maximum Gasteiger partial charge on any atom is 0.0586 e. The molecule has 1 saturated carbocycles. The van der Waals surface area contributed by atoms with Crippen LogP contribution in [0.2, 0.25) is 0 Å². The Morgan fingerprint density at radius 2 is 2.12 bits per heavy atom. The second-order valence-corrected chi connectivity index (χ2v) is 5.64. The van der Waals surface area contributed by atoms with Crippen molar-refractivity contribution >= 4 is 0 Å². The molecule has 2 rings (SSSR count). The summed E-state index contributed by atoms with van der Waals surface area (Å²) in [7, 11) is 1.86. The van der Waals surface area contributed by atoms with Crippen molar-refractivity contribution < 1.29 is 4.74 Å². The molecule has 1 aliphatic heterocycles. The Labute approximate surface area is 106 Å². The highest BCUT2D eigenvalue weighted by molar-refractivity contribution is 4.88. The van der Waals surface area contributed by atoms with Crippen LogP contribution in [0, 0.1) is 0 Å². The van der Waals surface area contributed by atoms with Crippen LogP contribution in [0.25, 0.3) is 0 Å². The van der Waals surface area contributed by atoms with Gasteiger partial charge in [-0.05, 0) is 64.5 Å². The minimum Gasteiger partial charge on any atom is -0.381 e. The first-order valence-electron chi connectivity index (χ1n) is 7.33. The zero-order valence-corrected chi connectivity index (χ0v) is 11.2. The molecule has 0 aromatic carbocycles. The van der Waals surface area contributed by atoms with E-state index in [1.54, 1.807) is 0 Å². The largest absolute Gasteiger partial charge is 0.381 e. The van der Waals surface area contributed by atoms with Gasteiger partial charge in [-0.25, -0.2) is 0 Å². The first kappa shape index (κ1) is 13.3. The average Bonchev–Trinajstić information content (AvgIpc) is 2.84. The maximum atomic E-state index is 5.64. The molecule has 1 aliphatic carbocycles. The Morgan fingerprint density at radius 3 is 2.88 bits per heavy atom. The molecular weight excluding hydrogens is 212 g/mol. The monoisotopic (exact) mass is 240 g/mol. The average molecular weight is 240 g/mol. The first-order valence-corrected chi connectivity index (χ1v) is 7.33. The van der Waals surface area contributed by atoms with Gasteiger partial charge < -0.3 is 10.5 Å². The van der Waals surface area contributed by atoms with Gasteiger partial charge in [0.25, 0.3) is 0 Å². The van der Waals surface area contributed by atoms with Gasteiger partial charge in [-0.2, -0.15) is 0 Å². The molecule has 0 aromatic heterocycles. The maximum absolute atomic E-state index is 5.64. The third-order valence-corrected chi connectivity index (χ3v) is 4.56. The van der Waals surface area contributed by atoms with Crippen LogP contribution in [-0.4, -0.2) is 43.3 Å². The summed E-state index contributed by atoms with van der Waals surface area (Å²) in [5, 5.41) is 0. The third kappa shape index (κ3) is 3.43. The Hall–Kier alpha value is -0.120. The molecule has 2 fully saturated rings. The summed E-state index contributed by atoms with van der Waals surface area (Å²) in [6.45, 7) is 2.14. The SMILES string of the molecule is COC1CCCC(N2CCCC2CCCN)C1. The van der Waals surface area contributed by atoms with Gasteiger partial charge in [0.05, 0.1) is 6.10 Å². The molecule has 100 valence electrons. The van der Waals surface area contributed by atoms with Crippen molar-refractivity contribution in [3.05, 3.63) is 0 Å². The number of nitrogens with two attached hydrogens (primary N) is 1. The Morgan fingerprint density at radius 1 is 1.24 bits per heavy atom. The Kier molecular flexibility index (Phi) is 5.26. The zero-order chi connectivity index (χ0) is 12.1. The van der Waals surface area contributed by atoms with Crippen LogP contribution in [-0.2, 0) is 4.74 Å². The van der Waals surface area contributed by atoms with E-state index in [0.29, 0.717) is 6.10 Å². The van der Waals surface area contributed by atoms with E-state index in [1.165, 1.54) is 57.9 Å². The van der Waals surface area contributed by atoms with Crippen LogP contribution < -0.4 is 5.73 Å². The van der Waals surface area contributed by atoms with Gasteiger partial charge in [0, 0.05) is 19.2 Å². The lowest BCUT2D eigenvalue weighted by atomic mass is 9.91. The molecule has 1 saturated heterocycles. The van der Waals surface area contributed by atoms with Crippen molar-refractivity contribution in [2.75, 3.05) is 20.2 Å². The molecule has 0 bridgehead atoms. The normalized spacial score (nSPS) is 35.3. The molecule has 3 unspecified atom stereocenters. The van der Waals surface area contributed by atoms with Crippen molar-refractivity contribution in [2.45, 2.75) is 69.6 Å². The van der Waals surface area contributed by atoms with Crippen LogP contribution in [0.15, 0.2) is 0 Å². The highest BCUT2D eigenvalue weighted by Crippen LogP contribution is 2.31. The van der Waals surface area contributed by atoms with Crippen molar-refractivity contribution in [1.82, 2.24) is 4.90 Å². The fourth-order valence-corrected chi connectivity index (χ4v) is 3.64. The second-order valence-electron chi connectivity index (χ2n) is 5.64. The van der Waals surface area contributed by atoms with E-state index >= 15 is 0 Å². The predicted molar refractivity (Wildman–Crippen MR) is 71.1 cm³/mol. The lowest BCUT2D eigenvalue weighted by Gasteiger charge is -2.38. The number of nitrogens with zero attached hydrogens (tertiary/aromatic N) is 1.